The van der Waals surface area contributed by atoms with Crippen LogP contribution in [0.5, 0.6) is 0 Å². The molecule has 0 aliphatic heterocycles. The molecule has 0 rings (SSSR count). The molecule has 13 heavy (non-hydrogen) atoms. The second-order valence-corrected chi connectivity index (χ2v) is 3.64. The molecule has 0 aromatic heterocycles. The first-order valence-corrected chi connectivity index (χ1v) is 4.47. The van der Waals surface area contributed by atoms with E-state index in [1.54, 1.807) is 14.2 Å². The van der Waals surface area contributed by atoms with Crippen LogP contribution in [0.3, 0.4) is 0 Å². The van der Waals surface area contributed by atoms with E-state index >= 15 is 0 Å². The van der Waals surface area contributed by atoms with Gasteiger partial charge in [-0.05, 0) is 20.3 Å². The van der Waals surface area contributed by atoms with E-state index in [9.17, 15) is 0 Å². The maximum Gasteiger partial charge on any atom is 0.169 e. The lowest BCUT2D eigenvalue weighted by molar-refractivity contribution is -0.102. The summed E-state index contributed by atoms with van der Waals surface area (Å²) in [7, 11) is 3.21. The van der Waals surface area contributed by atoms with Gasteiger partial charge in [0.05, 0.1) is 0 Å². The number of aliphatic hydroxyl groups is 1. The van der Waals surface area contributed by atoms with Crippen LogP contribution < -0.4 is 5.32 Å². The lowest BCUT2D eigenvalue weighted by Gasteiger charge is -2.27. The van der Waals surface area contributed by atoms with Gasteiger partial charge in [0.1, 0.15) is 0 Å². The van der Waals surface area contributed by atoms with Crippen molar-refractivity contribution in [2.45, 2.75) is 32.1 Å². The van der Waals surface area contributed by atoms with E-state index in [0.717, 1.165) is 0 Å². The third-order valence-corrected chi connectivity index (χ3v) is 2.01. The van der Waals surface area contributed by atoms with Crippen molar-refractivity contribution < 1.29 is 14.6 Å². The summed E-state index contributed by atoms with van der Waals surface area (Å²) in [5.74, 6) is 0. The molecule has 0 aromatic rings. The van der Waals surface area contributed by atoms with Crippen molar-refractivity contribution in [3.8, 4) is 0 Å². The molecular formula is C9H21NO3. The first-order chi connectivity index (χ1) is 6.05. The highest BCUT2D eigenvalue weighted by Crippen LogP contribution is 2.07. The van der Waals surface area contributed by atoms with E-state index in [-0.39, 0.29) is 18.4 Å². The molecule has 0 aliphatic rings. The molecule has 0 saturated carbocycles. The van der Waals surface area contributed by atoms with Gasteiger partial charge in [-0.1, -0.05) is 0 Å². The number of hydrogen-bond donors (Lipinski definition) is 2. The number of nitrogens with one attached hydrogen (secondary N) is 1. The Morgan fingerprint density at radius 2 is 1.85 bits per heavy atom. The molecule has 0 saturated heterocycles. The molecule has 4 heteroatoms. The Morgan fingerprint density at radius 1 is 1.31 bits per heavy atom. The molecule has 0 aliphatic carbocycles. The quantitative estimate of drug-likeness (QED) is 0.570. The predicted molar refractivity (Wildman–Crippen MR) is 51.6 cm³/mol. The maximum atomic E-state index is 8.78. The van der Waals surface area contributed by atoms with Crippen LogP contribution in [0.25, 0.3) is 0 Å². The largest absolute Gasteiger partial charge is 0.396 e. The fourth-order valence-corrected chi connectivity index (χ4v) is 0.990. The van der Waals surface area contributed by atoms with Crippen molar-refractivity contribution >= 4 is 0 Å². The summed E-state index contributed by atoms with van der Waals surface area (Å²) in [6, 6.07) is 0. The second-order valence-electron chi connectivity index (χ2n) is 3.64. The average molecular weight is 191 g/mol. The zero-order valence-electron chi connectivity index (χ0n) is 8.96. The van der Waals surface area contributed by atoms with Gasteiger partial charge in [-0.15, -0.1) is 0 Å². The van der Waals surface area contributed by atoms with Crippen LogP contribution in [-0.2, 0) is 9.47 Å². The van der Waals surface area contributed by atoms with Crippen LogP contribution in [0.4, 0.5) is 0 Å². The molecule has 0 spiro atoms. The topological polar surface area (TPSA) is 50.7 Å². The number of methoxy groups -OCH3 is 2. The van der Waals surface area contributed by atoms with Gasteiger partial charge < -0.3 is 19.9 Å². The van der Waals surface area contributed by atoms with E-state index in [1.807, 2.05) is 13.8 Å². The number of hydrogen-bond acceptors (Lipinski definition) is 4. The SMILES string of the molecule is COC(CNC(C)(C)CCO)OC. The Labute approximate surface area is 80.2 Å². The molecule has 0 atom stereocenters. The standard InChI is InChI=1S/C9H21NO3/c1-9(2,5-6-11)10-7-8(12-3)13-4/h8,10-11H,5-7H2,1-4H3. The minimum Gasteiger partial charge on any atom is -0.396 e. The fourth-order valence-electron chi connectivity index (χ4n) is 0.990. The Kier molecular flexibility index (Phi) is 6.24. The van der Waals surface area contributed by atoms with Crippen molar-refractivity contribution in [1.82, 2.24) is 5.32 Å². The minimum absolute atomic E-state index is 0.0793. The molecule has 0 amide bonds. The summed E-state index contributed by atoms with van der Waals surface area (Å²) in [4.78, 5) is 0. The fraction of sp³-hybridized carbons (Fsp3) is 1.00. The van der Waals surface area contributed by atoms with Crippen molar-refractivity contribution in [3.63, 3.8) is 0 Å². The normalized spacial score (nSPS) is 12.5. The van der Waals surface area contributed by atoms with Crippen LogP contribution in [0, 0.1) is 0 Å². The minimum atomic E-state index is -0.224. The second kappa shape index (κ2) is 6.32. The molecule has 4 nitrogen and oxygen atoms in total. The van der Waals surface area contributed by atoms with Crippen molar-refractivity contribution in [2.75, 3.05) is 27.4 Å². The van der Waals surface area contributed by atoms with Gasteiger partial charge >= 0.3 is 0 Å². The van der Waals surface area contributed by atoms with Gasteiger partial charge in [0.15, 0.2) is 6.29 Å². The number of rotatable bonds is 7. The molecule has 0 aromatic carbocycles. The Balaban J connectivity index is 3.71. The van der Waals surface area contributed by atoms with E-state index in [1.165, 1.54) is 0 Å². The van der Waals surface area contributed by atoms with Crippen LogP contribution in [0.2, 0.25) is 0 Å². The summed E-state index contributed by atoms with van der Waals surface area (Å²) in [5, 5.41) is 12.0. The summed E-state index contributed by atoms with van der Waals surface area (Å²) in [6.07, 6.45) is 0.491. The van der Waals surface area contributed by atoms with Crippen LogP contribution >= 0.6 is 0 Å². The Morgan fingerprint density at radius 3 is 2.23 bits per heavy atom. The molecule has 0 bridgehead atoms. The lowest BCUT2D eigenvalue weighted by atomic mass is 10.0. The Hall–Kier alpha value is -0.160. The van der Waals surface area contributed by atoms with Crippen LogP contribution in [-0.4, -0.2) is 44.3 Å². The molecular weight excluding hydrogens is 170 g/mol. The maximum absolute atomic E-state index is 8.78. The van der Waals surface area contributed by atoms with Gasteiger partial charge in [0.25, 0.3) is 0 Å². The Bertz CT molecular complexity index is 124. The van der Waals surface area contributed by atoms with E-state index < -0.39 is 0 Å². The summed E-state index contributed by atoms with van der Waals surface area (Å²) < 4.78 is 10.1. The number of ether oxygens (including phenoxy) is 2. The summed E-state index contributed by atoms with van der Waals surface area (Å²) in [6.45, 7) is 4.88. The highest BCUT2D eigenvalue weighted by molar-refractivity contribution is 4.77. The van der Waals surface area contributed by atoms with Gasteiger partial charge in [-0.25, -0.2) is 0 Å². The third-order valence-electron chi connectivity index (χ3n) is 2.01. The zero-order valence-corrected chi connectivity index (χ0v) is 8.96. The van der Waals surface area contributed by atoms with Gasteiger partial charge in [0, 0.05) is 32.9 Å². The van der Waals surface area contributed by atoms with Crippen LogP contribution in [0.1, 0.15) is 20.3 Å². The van der Waals surface area contributed by atoms with Crippen molar-refractivity contribution in [3.05, 3.63) is 0 Å². The summed E-state index contributed by atoms with van der Waals surface area (Å²) >= 11 is 0. The molecule has 0 radical (unpaired) electrons. The van der Waals surface area contributed by atoms with Crippen LogP contribution in [0.15, 0.2) is 0 Å². The van der Waals surface area contributed by atoms with E-state index in [0.29, 0.717) is 13.0 Å². The zero-order chi connectivity index (χ0) is 10.3. The highest BCUT2D eigenvalue weighted by atomic mass is 16.7. The molecule has 80 valence electrons. The molecule has 0 heterocycles. The molecule has 2 N–H and O–H groups in total. The smallest absolute Gasteiger partial charge is 0.169 e. The van der Waals surface area contributed by atoms with Gasteiger partial charge in [0.2, 0.25) is 0 Å². The van der Waals surface area contributed by atoms with Crippen molar-refractivity contribution in [1.29, 1.82) is 0 Å². The predicted octanol–water partition coefficient (Wildman–Crippen LogP) is 0.356. The van der Waals surface area contributed by atoms with Crippen molar-refractivity contribution in [2.24, 2.45) is 0 Å². The number of aliphatic hydroxyl groups excluding tert-OH is 1. The lowest BCUT2D eigenvalue weighted by Crippen LogP contribution is -2.44. The first kappa shape index (κ1) is 12.8. The van der Waals surface area contributed by atoms with E-state index in [4.69, 9.17) is 14.6 Å². The van der Waals surface area contributed by atoms with E-state index in [2.05, 4.69) is 5.32 Å². The summed E-state index contributed by atoms with van der Waals surface area (Å²) in [5.41, 5.74) is -0.0793. The molecule has 0 fully saturated rings. The van der Waals surface area contributed by atoms with Gasteiger partial charge in [-0.3, -0.25) is 0 Å². The highest BCUT2D eigenvalue weighted by Gasteiger charge is 2.17. The van der Waals surface area contributed by atoms with Gasteiger partial charge in [-0.2, -0.15) is 0 Å². The first-order valence-electron chi connectivity index (χ1n) is 4.47. The third kappa shape index (κ3) is 5.99. The molecule has 0 unspecified atom stereocenters. The average Bonchev–Trinajstić information content (AvgIpc) is 2.06. The monoisotopic (exact) mass is 191 g/mol.